The molecular formula is C15H23N3O2. The summed E-state index contributed by atoms with van der Waals surface area (Å²) in [5.74, 6) is 0. The number of rotatable bonds is 3. The van der Waals surface area contributed by atoms with Gasteiger partial charge in [-0.05, 0) is 31.5 Å². The highest BCUT2D eigenvalue weighted by atomic mass is 16.6. The fraction of sp³-hybridized carbons (Fsp3) is 0.533. The Morgan fingerprint density at radius 3 is 2.65 bits per heavy atom. The first kappa shape index (κ1) is 14.7. The molecule has 20 heavy (non-hydrogen) atoms. The van der Waals surface area contributed by atoms with Crippen LogP contribution in [0.3, 0.4) is 0 Å². The van der Waals surface area contributed by atoms with E-state index in [0.29, 0.717) is 25.7 Å². The molecule has 5 heteroatoms. The number of nitrogen functional groups attached to an aromatic ring is 1. The van der Waals surface area contributed by atoms with Crippen LogP contribution in [0.15, 0.2) is 24.3 Å². The van der Waals surface area contributed by atoms with Gasteiger partial charge in [0.25, 0.3) is 0 Å². The van der Waals surface area contributed by atoms with Gasteiger partial charge in [0.1, 0.15) is 0 Å². The zero-order valence-electron chi connectivity index (χ0n) is 12.2. The van der Waals surface area contributed by atoms with Crippen molar-refractivity contribution >= 4 is 11.8 Å². The average molecular weight is 277 g/mol. The Bertz CT molecular complexity index is 456. The number of carbonyl (C=O) groups is 1. The molecule has 1 amide bonds. The number of nitrogens with zero attached hydrogens (tertiary/aromatic N) is 2. The van der Waals surface area contributed by atoms with Crippen LogP contribution in [0.4, 0.5) is 10.5 Å². The van der Waals surface area contributed by atoms with Gasteiger partial charge >= 0.3 is 6.09 Å². The minimum absolute atomic E-state index is 0.205. The summed E-state index contributed by atoms with van der Waals surface area (Å²) in [6.45, 7) is 7.57. The molecule has 5 nitrogen and oxygen atoms in total. The summed E-state index contributed by atoms with van der Waals surface area (Å²) >= 11 is 0. The molecule has 1 atom stereocenters. The molecule has 110 valence electrons. The second-order valence-corrected chi connectivity index (χ2v) is 5.07. The molecule has 0 saturated carbocycles. The first-order valence-electron chi connectivity index (χ1n) is 7.13. The summed E-state index contributed by atoms with van der Waals surface area (Å²) < 4.78 is 5.03. The van der Waals surface area contributed by atoms with E-state index in [1.807, 2.05) is 25.1 Å². The van der Waals surface area contributed by atoms with Gasteiger partial charge in [-0.2, -0.15) is 0 Å². The summed E-state index contributed by atoms with van der Waals surface area (Å²) in [6.07, 6.45) is -0.205. The quantitative estimate of drug-likeness (QED) is 0.860. The van der Waals surface area contributed by atoms with Crippen molar-refractivity contribution in [3.05, 3.63) is 29.8 Å². The van der Waals surface area contributed by atoms with Gasteiger partial charge in [0.05, 0.1) is 6.61 Å². The Morgan fingerprint density at radius 1 is 1.35 bits per heavy atom. The molecule has 1 aliphatic heterocycles. The number of carbonyl (C=O) groups excluding carboxylic acids is 1. The van der Waals surface area contributed by atoms with Crippen molar-refractivity contribution in [1.82, 2.24) is 9.80 Å². The van der Waals surface area contributed by atoms with E-state index in [2.05, 4.69) is 17.9 Å². The van der Waals surface area contributed by atoms with E-state index in [-0.39, 0.29) is 6.09 Å². The summed E-state index contributed by atoms with van der Waals surface area (Å²) in [5.41, 5.74) is 7.84. The third-order valence-corrected chi connectivity index (χ3v) is 3.78. The molecule has 0 radical (unpaired) electrons. The molecule has 0 bridgehead atoms. The van der Waals surface area contributed by atoms with Crippen LogP contribution in [0.1, 0.15) is 25.5 Å². The van der Waals surface area contributed by atoms with Crippen molar-refractivity contribution in [3.63, 3.8) is 0 Å². The Hall–Kier alpha value is -1.75. The van der Waals surface area contributed by atoms with Crippen molar-refractivity contribution in [2.75, 3.05) is 38.5 Å². The summed E-state index contributed by atoms with van der Waals surface area (Å²) in [7, 11) is 0. The maximum atomic E-state index is 11.7. The first-order chi connectivity index (χ1) is 9.61. The number of piperazine rings is 1. The number of benzene rings is 1. The number of ether oxygens (including phenoxy) is 1. The summed E-state index contributed by atoms with van der Waals surface area (Å²) in [6, 6.07) is 8.30. The molecule has 1 saturated heterocycles. The van der Waals surface area contributed by atoms with E-state index in [9.17, 15) is 4.79 Å². The van der Waals surface area contributed by atoms with Crippen LogP contribution in [0.25, 0.3) is 0 Å². The second-order valence-electron chi connectivity index (χ2n) is 5.07. The fourth-order valence-corrected chi connectivity index (χ4v) is 2.54. The van der Waals surface area contributed by atoms with E-state index in [1.54, 1.807) is 4.90 Å². The molecular weight excluding hydrogens is 254 g/mol. The van der Waals surface area contributed by atoms with Gasteiger partial charge in [0.15, 0.2) is 0 Å². The van der Waals surface area contributed by atoms with E-state index in [4.69, 9.17) is 10.5 Å². The average Bonchev–Trinajstić information content (AvgIpc) is 2.47. The summed E-state index contributed by atoms with van der Waals surface area (Å²) in [5, 5.41) is 0. The van der Waals surface area contributed by atoms with Gasteiger partial charge in [0.2, 0.25) is 0 Å². The van der Waals surface area contributed by atoms with E-state index in [0.717, 1.165) is 18.8 Å². The zero-order chi connectivity index (χ0) is 14.5. The van der Waals surface area contributed by atoms with Crippen molar-refractivity contribution in [2.24, 2.45) is 0 Å². The number of hydrogen-bond donors (Lipinski definition) is 1. The molecule has 1 aromatic rings. The molecule has 1 heterocycles. The standard InChI is InChI=1S/C15H23N3O2/c1-3-20-15(19)18-9-7-17(8-10-18)12(2)13-5-4-6-14(16)11-13/h4-6,11-12H,3,7-10,16H2,1-2H3. The number of amides is 1. The highest BCUT2D eigenvalue weighted by Crippen LogP contribution is 2.23. The van der Waals surface area contributed by atoms with Crippen LogP contribution in [0.2, 0.25) is 0 Å². The maximum Gasteiger partial charge on any atom is 0.409 e. The van der Waals surface area contributed by atoms with Gasteiger partial charge in [-0.25, -0.2) is 4.79 Å². The fourth-order valence-electron chi connectivity index (χ4n) is 2.54. The first-order valence-corrected chi connectivity index (χ1v) is 7.13. The lowest BCUT2D eigenvalue weighted by Crippen LogP contribution is -2.49. The molecule has 1 unspecified atom stereocenters. The highest BCUT2D eigenvalue weighted by Gasteiger charge is 2.25. The lowest BCUT2D eigenvalue weighted by atomic mass is 10.1. The Labute approximate surface area is 120 Å². The SMILES string of the molecule is CCOC(=O)N1CCN(C(C)c2cccc(N)c2)CC1. The highest BCUT2D eigenvalue weighted by molar-refractivity contribution is 5.67. The zero-order valence-corrected chi connectivity index (χ0v) is 12.2. The van der Waals surface area contributed by atoms with Gasteiger partial charge in [-0.1, -0.05) is 12.1 Å². The predicted octanol–water partition coefficient (Wildman–Crippen LogP) is 2.10. The molecule has 1 aliphatic rings. The van der Waals surface area contributed by atoms with Gasteiger partial charge in [-0.3, -0.25) is 4.90 Å². The van der Waals surface area contributed by atoms with Crippen molar-refractivity contribution < 1.29 is 9.53 Å². The number of nitrogens with two attached hydrogens (primary N) is 1. The molecule has 1 aromatic carbocycles. The molecule has 2 rings (SSSR count). The Kier molecular flexibility index (Phi) is 4.84. The number of anilines is 1. The van der Waals surface area contributed by atoms with Gasteiger partial charge in [0, 0.05) is 37.9 Å². The monoisotopic (exact) mass is 277 g/mol. The van der Waals surface area contributed by atoms with Crippen LogP contribution in [-0.4, -0.2) is 48.7 Å². The molecule has 0 aliphatic carbocycles. The summed E-state index contributed by atoms with van der Waals surface area (Å²) in [4.78, 5) is 15.8. The van der Waals surface area contributed by atoms with E-state index < -0.39 is 0 Å². The van der Waals surface area contributed by atoms with Crippen molar-refractivity contribution in [3.8, 4) is 0 Å². The molecule has 0 aromatic heterocycles. The van der Waals surface area contributed by atoms with Crippen LogP contribution in [0, 0.1) is 0 Å². The van der Waals surface area contributed by atoms with Gasteiger partial charge < -0.3 is 15.4 Å². The minimum atomic E-state index is -0.205. The van der Waals surface area contributed by atoms with Crippen LogP contribution in [-0.2, 0) is 4.74 Å². The van der Waals surface area contributed by atoms with Gasteiger partial charge in [-0.15, -0.1) is 0 Å². The normalized spacial score (nSPS) is 17.8. The Morgan fingerprint density at radius 2 is 2.05 bits per heavy atom. The van der Waals surface area contributed by atoms with Crippen LogP contribution < -0.4 is 5.73 Å². The van der Waals surface area contributed by atoms with Crippen molar-refractivity contribution in [2.45, 2.75) is 19.9 Å². The minimum Gasteiger partial charge on any atom is -0.450 e. The molecule has 0 spiro atoms. The lowest BCUT2D eigenvalue weighted by Gasteiger charge is -2.37. The van der Waals surface area contributed by atoms with Crippen LogP contribution >= 0.6 is 0 Å². The molecule has 1 fully saturated rings. The molecule has 2 N–H and O–H groups in total. The third kappa shape index (κ3) is 3.42. The van der Waals surface area contributed by atoms with E-state index in [1.165, 1.54) is 5.56 Å². The van der Waals surface area contributed by atoms with Crippen molar-refractivity contribution in [1.29, 1.82) is 0 Å². The lowest BCUT2D eigenvalue weighted by molar-refractivity contribution is 0.0686. The van der Waals surface area contributed by atoms with Crippen LogP contribution in [0.5, 0.6) is 0 Å². The second kappa shape index (κ2) is 6.61. The maximum absolute atomic E-state index is 11.7. The topological polar surface area (TPSA) is 58.8 Å². The number of hydrogen-bond acceptors (Lipinski definition) is 4. The van der Waals surface area contributed by atoms with E-state index >= 15 is 0 Å². The third-order valence-electron chi connectivity index (χ3n) is 3.78. The Balaban J connectivity index is 1.92. The predicted molar refractivity (Wildman–Crippen MR) is 79.4 cm³/mol. The smallest absolute Gasteiger partial charge is 0.409 e. The largest absolute Gasteiger partial charge is 0.450 e.